The molecule has 1 amide bonds. The van der Waals surface area contributed by atoms with Crippen molar-refractivity contribution in [3.05, 3.63) is 23.9 Å². The summed E-state index contributed by atoms with van der Waals surface area (Å²) in [6.07, 6.45) is 6.92. The normalized spacial score (nSPS) is 17.9. The van der Waals surface area contributed by atoms with Gasteiger partial charge in [0.25, 0.3) is 0 Å². The van der Waals surface area contributed by atoms with Gasteiger partial charge in [-0.15, -0.1) is 0 Å². The van der Waals surface area contributed by atoms with Gasteiger partial charge in [0.15, 0.2) is 0 Å². The van der Waals surface area contributed by atoms with Gasteiger partial charge in [-0.1, -0.05) is 32.1 Å². The number of phenolic OH excluding ortho intramolecular Hbond substituents is 1. The Morgan fingerprint density at radius 2 is 2.14 bits per heavy atom. The van der Waals surface area contributed by atoms with Crippen molar-refractivity contribution in [2.24, 2.45) is 11.7 Å². The van der Waals surface area contributed by atoms with Crippen LogP contribution in [0.4, 0.5) is 0 Å². The number of H-pyrrole nitrogens is 1. The van der Waals surface area contributed by atoms with Gasteiger partial charge in [-0.3, -0.25) is 9.89 Å². The molecule has 1 saturated carbocycles. The topological polar surface area (TPSA) is 92.0 Å². The lowest BCUT2D eigenvalue weighted by Crippen LogP contribution is -2.25. The molecular weight excluding hydrogens is 266 g/mol. The number of carbonyl (C=O) groups is 1. The number of fused-ring (bicyclic) bond motifs is 1. The molecule has 5 nitrogen and oxygen atoms in total. The second-order valence-corrected chi connectivity index (χ2v) is 6.03. The quantitative estimate of drug-likeness (QED) is 0.807. The molecule has 112 valence electrons. The molecule has 1 aliphatic rings. The minimum Gasteiger partial charge on any atom is -0.508 e. The van der Waals surface area contributed by atoms with E-state index in [4.69, 9.17) is 5.73 Å². The van der Waals surface area contributed by atoms with Crippen molar-refractivity contribution in [3.63, 3.8) is 0 Å². The van der Waals surface area contributed by atoms with Crippen LogP contribution >= 0.6 is 0 Å². The Morgan fingerprint density at radius 1 is 1.38 bits per heavy atom. The van der Waals surface area contributed by atoms with Crippen LogP contribution in [-0.2, 0) is 4.79 Å². The number of rotatable bonds is 4. The van der Waals surface area contributed by atoms with Crippen molar-refractivity contribution in [2.45, 2.75) is 44.4 Å². The van der Waals surface area contributed by atoms with E-state index in [-0.39, 0.29) is 17.6 Å². The molecule has 1 fully saturated rings. The van der Waals surface area contributed by atoms with Crippen LogP contribution < -0.4 is 5.73 Å². The fourth-order valence-corrected chi connectivity index (χ4v) is 3.42. The number of hydrogen-bond acceptors (Lipinski definition) is 3. The molecule has 0 spiro atoms. The van der Waals surface area contributed by atoms with Crippen LogP contribution in [0, 0.1) is 5.92 Å². The van der Waals surface area contributed by atoms with Crippen molar-refractivity contribution in [1.29, 1.82) is 0 Å². The SMILES string of the molecule is NC(=O)C(CC1CCCCC1)c1[nH]nc2cc(O)ccc12. The molecule has 3 rings (SSSR count). The van der Waals surface area contributed by atoms with Crippen LogP contribution in [0.5, 0.6) is 5.75 Å². The van der Waals surface area contributed by atoms with Crippen LogP contribution in [0.3, 0.4) is 0 Å². The van der Waals surface area contributed by atoms with Crippen LogP contribution in [0.2, 0.25) is 0 Å². The monoisotopic (exact) mass is 287 g/mol. The van der Waals surface area contributed by atoms with Crippen molar-refractivity contribution in [3.8, 4) is 5.75 Å². The summed E-state index contributed by atoms with van der Waals surface area (Å²) in [7, 11) is 0. The lowest BCUT2D eigenvalue weighted by Gasteiger charge is -2.24. The Hall–Kier alpha value is -2.04. The zero-order valence-electron chi connectivity index (χ0n) is 12.0. The fourth-order valence-electron chi connectivity index (χ4n) is 3.42. The second kappa shape index (κ2) is 5.76. The van der Waals surface area contributed by atoms with E-state index in [9.17, 15) is 9.90 Å². The molecule has 1 aromatic carbocycles. The summed E-state index contributed by atoms with van der Waals surface area (Å²) in [6.45, 7) is 0. The van der Waals surface area contributed by atoms with E-state index in [0.29, 0.717) is 11.4 Å². The van der Waals surface area contributed by atoms with Crippen molar-refractivity contribution >= 4 is 16.8 Å². The second-order valence-electron chi connectivity index (χ2n) is 6.03. The standard InChI is InChI=1S/C16H21N3O2/c17-16(21)13(8-10-4-2-1-3-5-10)15-12-7-6-11(20)9-14(12)18-19-15/h6-7,9-10,13,20H,1-5,8H2,(H2,17,21)(H,18,19). The van der Waals surface area contributed by atoms with E-state index in [1.807, 2.05) is 0 Å². The number of amides is 1. The zero-order valence-corrected chi connectivity index (χ0v) is 12.0. The number of carbonyl (C=O) groups excluding carboxylic acids is 1. The third-order valence-electron chi connectivity index (χ3n) is 4.55. The molecule has 1 unspecified atom stereocenters. The third kappa shape index (κ3) is 2.86. The summed E-state index contributed by atoms with van der Waals surface area (Å²) in [4.78, 5) is 11.9. The van der Waals surface area contributed by atoms with E-state index in [2.05, 4.69) is 10.2 Å². The van der Waals surface area contributed by atoms with E-state index < -0.39 is 0 Å². The lowest BCUT2D eigenvalue weighted by atomic mass is 9.81. The van der Waals surface area contributed by atoms with Crippen molar-refractivity contribution in [1.82, 2.24) is 10.2 Å². The lowest BCUT2D eigenvalue weighted by molar-refractivity contribution is -0.120. The van der Waals surface area contributed by atoms with E-state index in [0.717, 1.165) is 17.5 Å². The molecule has 1 atom stereocenters. The first-order valence-corrected chi connectivity index (χ1v) is 7.61. The van der Waals surface area contributed by atoms with Gasteiger partial charge in [-0.2, -0.15) is 5.10 Å². The summed E-state index contributed by atoms with van der Waals surface area (Å²) in [5, 5.41) is 17.5. The first-order valence-electron chi connectivity index (χ1n) is 7.61. The number of primary amides is 1. The summed E-state index contributed by atoms with van der Waals surface area (Å²) in [5.41, 5.74) is 7.08. The number of benzene rings is 1. The van der Waals surface area contributed by atoms with Gasteiger partial charge in [-0.25, -0.2) is 0 Å². The highest BCUT2D eigenvalue weighted by Crippen LogP contribution is 2.35. The van der Waals surface area contributed by atoms with Crippen molar-refractivity contribution < 1.29 is 9.90 Å². The van der Waals surface area contributed by atoms with Crippen LogP contribution in [0.15, 0.2) is 18.2 Å². The highest BCUT2D eigenvalue weighted by Gasteiger charge is 2.27. The fraction of sp³-hybridized carbons (Fsp3) is 0.500. The number of aromatic nitrogens is 2. The number of nitrogens with one attached hydrogen (secondary N) is 1. The number of hydrogen-bond donors (Lipinski definition) is 3. The maximum Gasteiger partial charge on any atom is 0.226 e. The van der Waals surface area contributed by atoms with E-state index in [1.54, 1.807) is 18.2 Å². The Balaban J connectivity index is 1.90. The van der Waals surface area contributed by atoms with Gasteiger partial charge in [0.05, 0.1) is 17.1 Å². The molecular formula is C16H21N3O2. The molecule has 0 aliphatic heterocycles. The first kappa shape index (κ1) is 13.9. The number of aromatic hydroxyl groups is 1. The third-order valence-corrected chi connectivity index (χ3v) is 4.55. The largest absolute Gasteiger partial charge is 0.508 e. The summed E-state index contributed by atoms with van der Waals surface area (Å²) >= 11 is 0. The smallest absolute Gasteiger partial charge is 0.226 e. The molecule has 21 heavy (non-hydrogen) atoms. The molecule has 1 heterocycles. The summed E-state index contributed by atoms with van der Waals surface area (Å²) in [6, 6.07) is 4.99. The van der Waals surface area contributed by atoms with Gasteiger partial charge in [0.2, 0.25) is 5.91 Å². The van der Waals surface area contributed by atoms with E-state index >= 15 is 0 Å². The highest BCUT2D eigenvalue weighted by atomic mass is 16.3. The maximum absolute atomic E-state index is 11.9. The average molecular weight is 287 g/mol. The number of aromatic amines is 1. The minimum atomic E-state index is -0.331. The van der Waals surface area contributed by atoms with Gasteiger partial charge in [0.1, 0.15) is 5.75 Å². The van der Waals surface area contributed by atoms with Crippen LogP contribution in [0.1, 0.15) is 50.1 Å². The molecule has 1 aliphatic carbocycles. The van der Waals surface area contributed by atoms with Crippen LogP contribution in [0.25, 0.3) is 10.9 Å². The van der Waals surface area contributed by atoms with Gasteiger partial charge in [0, 0.05) is 11.5 Å². The summed E-state index contributed by atoms with van der Waals surface area (Å²) in [5.74, 6) is 0.0945. The molecule has 4 N–H and O–H groups in total. The molecule has 5 heteroatoms. The van der Waals surface area contributed by atoms with E-state index in [1.165, 1.54) is 32.1 Å². The Bertz CT molecular complexity index is 644. The predicted octanol–water partition coefficient (Wildman–Crippen LogP) is 2.81. The van der Waals surface area contributed by atoms with Crippen LogP contribution in [-0.4, -0.2) is 21.2 Å². The Labute approximate surface area is 123 Å². The molecule has 0 saturated heterocycles. The molecule has 0 bridgehead atoms. The molecule has 2 aromatic rings. The van der Waals surface area contributed by atoms with Gasteiger partial charge >= 0.3 is 0 Å². The first-order chi connectivity index (χ1) is 10.1. The highest BCUT2D eigenvalue weighted by molar-refractivity contribution is 5.90. The Kier molecular flexibility index (Phi) is 3.82. The van der Waals surface area contributed by atoms with Gasteiger partial charge < -0.3 is 10.8 Å². The van der Waals surface area contributed by atoms with Crippen molar-refractivity contribution in [2.75, 3.05) is 0 Å². The minimum absolute atomic E-state index is 0.170. The number of nitrogens with zero attached hydrogens (tertiary/aromatic N) is 1. The number of nitrogens with two attached hydrogens (primary N) is 1. The summed E-state index contributed by atoms with van der Waals surface area (Å²) < 4.78 is 0. The number of phenols is 1. The maximum atomic E-state index is 11.9. The molecule has 0 radical (unpaired) electrons. The Morgan fingerprint density at radius 3 is 2.86 bits per heavy atom. The average Bonchev–Trinajstić information content (AvgIpc) is 2.88. The zero-order chi connectivity index (χ0) is 14.8. The predicted molar refractivity (Wildman–Crippen MR) is 80.9 cm³/mol. The molecule has 1 aromatic heterocycles. The van der Waals surface area contributed by atoms with Gasteiger partial charge in [-0.05, 0) is 24.5 Å².